The van der Waals surface area contributed by atoms with E-state index in [1.54, 1.807) is 11.8 Å². The Hall–Kier alpha value is -3.09. The maximum Gasteiger partial charge on any atom is 0.252 e. The van der Waals surface area contributed by atoms with Crippen LogP contribution in [0.3, 0.4) is 0 Å². The minimum atomic E-state index is -0.105. The number of rotatable bonds is 4. The van der Waals surface area contributed by atoms with Crippen molar-refractivity contribution in [3.05, 3.63) is 46.8 Å². The van der Waals surface area contributed by atoms with Crippen LogP contribution in [0.25, 0.3) is 11.0 Å². The summed E-state index contributed by atoms with van der Waals surface area (Å²) in [6.07, 6.45) is 0.857. The van der Waals surface area contributed by atoms with E-state index in [4.69, 9.17) is 9.47 Å². The van der Waals surface area contributed by atoms with Crippen LogP contribution in [-0.2, 0) is 13.5 Å². The van der Waals surface area contributed by atoms with Gasteiger partial charge < -0.3 is 14.8 Å². The van der Waals surface area contributed by atoms with E-state index in [9.17, 15) is 4.79 Å². The lowest BCUT2D eigenvalue weighted by atomic mass is 9.96. The smallest absolute Gasteiger partial charge is 0.252 e. The fraction of sp³-hybridized carbons (Fsp3) is 0.381. The molecule has 7 heteroatoms. The standard InChI is InChI=1S/C21H24N4O3/c1-12-7-17(19-13(2)24-25(3)20(19)23-12)21(26)22-10-14-8-15-5-6-16(27-4)9-18(15)28-11-14/h5-7,9,14H,8,10-11H2,1-4H3,(H,22,26)/t14-/m0/s1. The Morgan fingerprint density at radius 2 is 2.18 bits per heavy atom. The second kappa shape index (κ2) is 7.14. The van der Waals surface area contributed by atoms with Crippen molar-refractivity contribution in [3.63, 3.8) is 0 Å². The molecule has 0 unspecified atom stereocenters. The van der Waals surface area contributed by atoms with Gasteiger partial charge in [-0.1, -0.05) is 6.07 Å². The van der Waals surface area contributed by atoms with Gasteiger partial charge in [-0.2, -0.15) is 5.10 Å². The van der Waals surface area contributed by atoms with E-state index >= 15 is 0 Å². The first-order valence-electron chi connectivity index (χ1n) is 9.35. The van der Waals surface area contributed by atoms with E-state index < -0.39 is 0 Å². The number of benzene rings is 1. The van der Waals surface area contributed by atoms with Crippen LogP contribution in [0.15, 0.2) is 24.3 Å². The summed E-state index contributed by atoms with van der Waals surface area (Å²) in [5, 5.41) is 8.29. The number of fused-ring (bicyclic) bond motifs is 2. The van der Waals surface area contributed by atoms with Crippen molar-refractivity contribution in [2.45, 2.75) is 20.3 Å². The van der Waals surface area contributed by atoms with Gasteiger partial charge in [-0.15, -0.1) is 0 Å². The number of pyridine rings is 1. The molecule has 3 heterocycles. The van der Waals surface area contributed by atoms with Crippen molar-refractivity contribution in [3.8, 4) is 11.5 Å². The highest BCUT2D eigenvalue weighted by atomic mass is 16.5. The molecule has 3 aromatic rings. The average molecular weight is 380 g/mol. The SMILES string of the molecule is COc1ccc2c(c1)OC[C@H](CNC(=O)c1cc(C)nc3c1c(C)nn3C)C2. The monoisotopic (exact) mass is 380 g/mol. The Kier molecular flexibility index (Phi) is 4.66. The molecule has 0 radical (unpaired) electrons. The number of carbonyl (C=O) groups excluding carboxylic acids is 1. The molecule has 0 bridgehead atoms. The first kappa shape index (κ1) is 18.3. The molecule has 28 heavy (non-hydrogen) atoms. The molecule has 1 aromatic carbocycles. The molecule has 0 saturated carbocycles. The van der Waals surface area contributed by atoms with Crippen molar-refractivity contribution in [1.29, 1.82) is 0 Å². The van der Waals surface area contributed by atoms with Crippen LogP contribution < -0.4 is 14.8 Å². The number of ether oxygens (including phenoxy) is 2. The van der Waals surface area contributed by atoms with Gasteiger partial charge in [0.25, 0.3) is 5.91 Å². The minimum Gasteiger partial charge on any atom is -0.497 e. The average Bonchev–Trinajstić information content (AvgIpc) is 2.98. The highest BCUT2D eigenvalue weighted by Gasteiger charge is 2.23. The molecule has 1 N–H and O–H groups in total. The van der Waals surface area contributed by atoms with Gasteiger partial charge in [0.1, 0.15) is 11.5 Å². The Morgan fingerprint density at radius 1 is 1.36 bits per heavy atom. The fourth-order valence-corrected chi connectivity index (χ4v) is 3.75. The van der Waals surface area contributed by atoms with Crippen LogP contribution in [0.2, 0.25) is 0 Å². The van der Waals surface area contributed by atoms with Crippen molar-refractivity contribution < 1.29 is 14.3 Å². The Balaban J connectivity index is 1.49. The number of methoxy groups -OCH3 is 1. The van der Waals surface area contributed by atoms with Gasteiger partial charge in [-0.3, -0.25) is 9.48 Å². The van der Waals surface area contributed by atoms with E-state index in [1.807, 2.05) is 45.2 Å². The maximum atomic E-state index is 12.9. The van der Waals surface area contributed by atoms with E-state index in [0.29, 0.717) is 18.7 Å². The van der Waals surface area contributed by atoms with Crippen molar-refractivity contribution in [1.82, 2.24) is 20.1 Å². The van der Waals surface area contributed by atoms with E-state index in [-0.39, 0.29) is 11.8 Å². The van der Waals surface area contributed by atoms with E-state index in [0.717, 1.165) is 45.9 Å². The summed E-state index contributed by atoms with van der Waals surface area (Å²) >= 11 is 0. The summed E-state index contributed by atoms with van der Waals surface area (Å²) in [7, 11) is 3.49. The lowest BCUT2D eigenvalue weighted by Crippen LogP contribution is -2.35. The Morgan fingerprint density at radius 3 is 2.96 bits per heavy atom. The summed E-state index contributed by atoms with van der Waals surface area (Å²) in [6.45, 7) is 4.90. The van der Waals surface area contributed by atoms with Gasteiger partial charge in [0, 0.05) is 31.3 Å². The molecule has 7 nitrogen and oxygen atoms in total. The normalized spacial score (nSPS) is 15.8. The van der Waals surface area contributed by atoms with Crippen LogP contribution in [0.1, 0.15) is 27.3 Å². The number of nitrogens with one attached hydrogen (secondary N) is 1. The molecule has 146 valence electrons. The molecule has 0 fully saturated rings. The van der Waals surface area contributed by atoms with Gasteiger partial charge >= 0.3 is 0 Å². The number of hydrogen-bond acceptors (Lipinski definition) is 5. The molecule has 4 rings (SSSR count). The van der Waals surface area contributed by atoms with Gasteiger partial charge in [-0.25, -0.2) is 4.98 Å². The highest BCUT2D eigenvalue weighted by molar-refractivity contribution is 6.06. The Labute approximate surface area is 163 Å². The third-order valence-electron chi connectivity index (χ3n) is 5.15. The summed E-state index contributed by atoms with van der Waals surface area (Å²) in [5.41, 5.74) is 4.08. The van der Waals surface area contributed by atoms with Crippen molar-refractivity contribution in [2.24, 2.45) is 13.0 Å². The van der Waals surface area contributed by atoms with Crippen LogP contribution in [0.4, 0.5) is 0 Å². The lowest BCUT2D eigenvalue weighted by Gasteiger charge is -2.26. The molecule has 1 aliphatic rings. The highest BCUT2D eigenvalue weighted by Crippen LogP contribution is 2.31. The fourth-order valence-electron chi connectivity index (χ4n) is 3.75. The summed E-state index contributed by atoms with van der Waals surface area (Å²) in [5.74, 6) is 1.76. The molecule has 1 aliphatic heterocycles. The number of carbonyl (C=O) groups is 1. The first-order chi connectivity index (χ1) is 13.5. The van der Waals surface area contributed by atoms with Gasteiger partial charge in [0.05, 0.1) is 30.4 Å². The van der Waals surface area contributed by atoms with Crippen molar-refractivity contribution >= 4 is 16.9 Å². The zero-order valence-electron chi connectivity index (χ0n) is 16.6. The van der Waals surface area contributed by atoms with Gasteiger partial charge in [-0.05, 0) is 38.0 Å². The third kappa shape index (κ3) is 3.28. The number of aryl methyl sites for hydroxylation is 3. The minimum absolute atomic E-state index is 0.105. The largest absolute Gasteiger partial charge is 0.497 e. The topological polar surface area (TPSA) is 78.3 Å². The summed E-state index contributed by atoms with van der Waals surface area (Å²) in [4.78, 5) is 17.4. The molecular weight excluding hydrogens is 356 g/mol. The maximum absolute atomic E-state index is 12.9. The van der Waals surface area contributed by atoms with Crippen molar-refractivity contribution in [2.75, 3.05) is 20.3 Å². The number of aromatic nitrogens is 3. The molecule has 2 aromatic heterocycles. The Bertz CT molecular complexity index is 1060. The lowest BCUT2D eigenvalue weighted by molar-refractivity contribution is 0.0940. The molecule has 0 spiro atoms. The summed E-state index contributed by atoms with van der Waals surface area (Å²) in [6, 6.07) is 7.69. The second-order valence-corrected chi connectivity index (χ2v) is 7.28. The predicted octanol–water partition coefficient (Wildman–Crippen LogP) is 2.57. The molecule has 1 atom stereocenters. The zero-order valence-corrected chi connectivity index (χ0v) is 16.6. The second-order valence-electron chi connectivity index (χ2n) is 7.28. The molecule has 1 amide bonds. The quantitative estimate of drug-likeness (QED) is 0.753. The third-order valence-corrected chi connectivity index (χ3v) is 5.15. The zero-order chi connectivity index (χ0) is 19.8. The van der Waals surface area contributed by atoms with Gasteiger partial charge in [0.15, 0.2) is 5.65 Å². The molecule has 0 aliphatic carbocycles. The molecular formula is C21H24N4O3. The number of nitrogens with zero attached hydrogens (tertiary/aromatic N) is 3. The number of amides is 1. The van der Waals surface area contributed by atoms with Crippen LogP contribution in [0, 0.1) is 19.8 Å². The predicted molar refractivity (Wildman–Crippen MR) is 106 cm³/mol. The van der Waals surface area contributed by atoms with E-state index in [2.05, 4.69) is 15.4 Å². The molecule has 0 saturated heterocycles. The van der Waals surface area contributed by atoms with Gasteiger partial charge in [0.2, 0.25) is 0 Å². The first-order valence-corrected chi connectivity index (χ1v) is 9.35. The van der Waals surface area contributed by atoms with Crippen LogP contribution in [0.5, 0.6) is 11.5 Å². The van der Waals surface area contributed by atoms with E-state index in [1.165, 1.54) is 0 Å². The summed E-state index contributed by atoms with van der Waals surface area (Å²) < 4.78 is 12.8. The number of hydrogen-bond donors (Lipinski definition) is 1. The van der Waals surface area contributed by atoms with Crippen LogP contribution >= 0.6 is 0 Å². The van der Waals surface area contributed by atoms with Crippen LogP contribution in [-0.4, -0.2) is 40.9 Å².